The molecule has 0 spiro atoms. The Morgan fingerprint density at radius 1 is 1.64 bits per heavy atom. The molecule has 1 saturated heterocycles. The maximum Gasteiger partial charge on any atom is 0.328 e. The van der Waals surface area contributed by atoms with Gasteiger partial charge in [-0.05, 0) is 6.92 Å². The topological polar surface area (TPSA) is 67.4 Å². The fraction of sp³-hybridized carbons (Fsp3) is 0.750. The van der Waals surface area contributed by atoms with E-state index in [1.165, 1.54) is 7.11 Å². The van der Waals surface area contributed by atoms with Gasteiger partial charge in [-0.1, -0.05) is 0 Å². The summed E-state index contributed by atoms with van der Waals surface area (Å²) in [5.41, 5.74) is 0. The van der Waals surface area contributed by atoms with Crippen LogP contribution in [0.1, 0.15) is 6.92 Å². The molecule has 0 aromatic carbocycles. The third kappa shape index (κ3) is 2.88. The fourth-order valence-electron chi connectivity index (χ4n) is 1.11. The molecule has 1 rings (SSSR count). The number of carbonyl (C=O) groups is 2. The lowest BCUT2D eigenvalue weighted by Gasteiger charge is -2.14. The van der Waals surface area contributed by atoms with Crippen molar-refractivity contribution in [3.63, 3.8) is 0 Å². The molecule has 5 nitrogen and oxygen atoms in total. The molecule has 0 radical (unpaired) electrons. The molecule has 0 saturated carbocycles. The Balaban J connectivity index is 2.35. The van der Waals surface area contributed by atoms with Crippen molar-refractivity contribution >= 4 is 23.6 Å². The molecule has 14 heavy (non-hydrogen) atoms. The van der Waals surface area contributed by atoms with E-state index in [4.69, 9.17) is 0 Å². The zero-order chi connectivity index (χ0) is 10.6. The standard InChI is InChI=1S/C8H14N2O3S/c1-5(8(12)13-2)10-7(11)6-3-14-4-9-6/h5-6,9H,3-4H2,1-2H3,(H,10,11)/t5?,6-/m1/s1. The molecular weight excluding hydrogens is 204 g/mol. The average Bonchev–Trinajstić information content (AvgIpc) is 2.69. The summed E-state index contributed by atoms with van der Waals surface area (Å²) >= 11 is 1.66. The van der Waals surface area contributed by atoms with Crippen molar-refractivity contribution in [3.05, 3.63) is 0 Å². The van der Waals surface area contributed by atoms with Gasteiger partial charge in [0.25, 0.3) is 0 Å². The minimum absolute atomic E-state index is 0.145. The largest absolute Gasteiger partial charge is 0.467 e. The van der Waals surface area contributed by atoms with Gasteiger partial charge in [0, 0.05) is 11.6 Å². The third-order valence-electron chi connectivity index (χ3n) is 1.95. The van der Waals surface area contributed by atoms with Crippen LogP contribution in [0.2, 0.25) is 0 Å². The Labute approximate surface area is 86.9 Å². The number of rotatable bonds is 3. The molecule has 1 heterocycles. The van der Waals surface area contributed by atoms with Crippen LogP contribution in [0.25, 0.3) is 0 Å². The van der Waals surface area contributed by atoms with Crippen molar-refractivity contribution in [2.24, 2.45) is 0 Å². The van der Waals surface area contributed by atoms with Gasteiger partial charge in [-0.25, -0.2) is 4.79 Å². The van der Waals surface area contributed by atoms with Crippen LogP contribution in [0.5, 0.6) is 0 Å². The number of hydrogen-bond acceptors (Lipinski definition) is 5. The second kappa shape index (κ2) is 5.21. The van der Waals surface area contributed by atoms with E-state index in [0.29, 0.717) is 0 Å². The molecule has 80 valence electrons. The zero-order valence-electron chi connectivity index (χ0n) is 8.20. The zero-order valence-corrected chi connectivity index (χ0v) is 9.02. The first-order chi connectivity index (χ1) is 6.65. The summed E-state index contributed by atoms with van der Waals surface area (Å²) < 4.78 is 4.50. The maximum atomic E-state index is 11.5. The van der Waals surface area contributed by atoms with Gasteiger partial charge in [0.05, 0.1) is 13.2 Å². The van der Waals surface area contributed by atoms with Crippen molar-refractivity contribution in [1.82, 2.24) is 10.6 Å². The van der Waals surface area contributed by atoms with Crippen LogP contribution >= 0.6 is 11.8 Å². The summed E-state index contributed by atoms with van der Waals surface area (Å²) in [6, 6.07) is -0.771. The normalized spacial score (nSPS) is 22.9. The lowest BCUT2D eigenvalue weighted by Crippen LogP contribution is -2.48. The molecule has 0 aromatic heterocycles. The molecule has 1 fully saturated rings. The number of esters is 1. The summed E-state index contributed by atoms with van der Waals surface area (Å²) in [7, 11) is 1.30. The van der Waals surface area contributed by atoms with E-state index in [1.807, 2.05) is 0 Å². The average molecular weight is 218 g/mol. The van der Waals surface area contributed by atoms with Gasteiger partial charge in [0.1, 0.15) is 6.04 Å². The first kappa shape index (κ1) is 11.3. The highest BCUT2D eigenvalue weighted by molar-refractivity contribution is 7.99. The molecule has 1 unspecified atom stereocenters. The first-order valence-corrected chi connectivity index (χ1v) is 5.50. The molecule has 1 aliphatic heterocycles. The highest BCUT2D eigenvalue weighted by Gasteiger charge is 2.25. The Kier molecular flexibility index (Phi) is 4.21. The van der Waals surface area contributed by atoms with Gasteiger partial charge in [0.15, 0.2) is 0 Å². The van der Waals surface area contributed by atoms with Crippen LogP contribution in [-0.2, 0) is 14.3 Å². The number of amides is 1. The fourth-order valence-corrected chi connectivity index (χ4v) is 2.06. The second-order valence-corrected chi connectivity index (χ2v) is 4.06. The van der Waals surface area contributed by atoms with Crippen molar-refractivity contribution in [1.29, 1.82) is 0 Å². The minimum atomic E-state index is -0.583. The lowest BCUT2D eigenvalue weighted by molar-refractivity contribution is -0.144. The Morgan fingerprint density at radius 3 is 2.86 bits per heavy atom. The summed E-state index contributed by atoms with van der Waals surface area (Å²) in [6.45, 7) is 1.60. The highest BCUT2D eigenvalue weighted by Crippen LogP contribution is 2.09. The highest BCUT2D eigenvalue weighted by atomic mass is 32.2. The molecule has 6 heteroatoms. The number of thioether (sulfide) groups is 1. The van der Waals surface area contributed by atoms with Crippen molar-refractivity contribution in [2.45, 2.75) is 19.0 Å². The third-order valence-corrected chi connectivity index (χ3v) is 2.89. The Morgan fingerprint density at radius 2 is 2.36 bits per heavy atom. The van der Waals surface area contributed by atoms with E-state index in [0.717, 1.165) is 11.6 Å². The first-order valence-electron chi connectivity index (χ1n) is 4.34. The van der Waals surface area contributed by atoms with Crippen LogP contribution in [0.4, 0.5) is 0 Å². The summed E-state index contributed by atoms with van der Waals surface area (Å²) in [6.07, 6.45) is 0. The van der Waals surface area contributed by atoms with E-state index in [1.54, 1.807) is 18.7 Å². The van der Waals surface area contributed by atoms with Crippen LogP contribution in [0.3, 0.4) is 0 Å². The van der Waals surface area contributed by atoms with Crippen molar-refractivity contribution < 1.29 is 14.3 Å². The van der Waals surface area contributed by atoms with Crippen LogP contribution < -0.4 is 10.6 Å². The number of carbonyl (C=O) groups excluding carboxylic acids is 2. The van der Waals surface area contributed by atoms with Crippen molar-refractivity contribution in [2.75, 3.05) is 18.7 Å². The van der Waals surface area contributed by atoms with Gasteiger partial charge >= 0.3 is 5.97 Å². The lowest BCUT2D eigenvalue weighted by atomic mass is 10.2. The maximum absolute atomic E-state index is 11.5. The smallest absolute Gasteiger partial charge is 0.328 e. The number of hydrogen-bond donors (Lipinski definition) is 2. The number of ether oxygens (including phenoxy) is 1. The van der Waals surface area contributed by atoms with E-state index >= 15 is 0 Å². The van der Waals surface area contributed by atoms with Gasteiger partial charge in [-0.2, -0.15) is 0 Å². The molecule has 2 atom stereocenters. The monoisotopic (exact) mass is 218 g/mol. The van der Waals surface area contributed by atoms with E-state index in [2.05, 4.69) is 15.4 Å². The van der Waals surface area contributed by atoms with E-state index < -0.39 is 12.0 Å². The van der Waals surface area contributed by atoms with E-state index in [-0.39, 0.29) is 11.9 Å². The van der Waals surface area contributed by atoms with Gasteiger partial charge in [0.2, 0.25) is 5.91 Å². The van der Waals surface area contributed by atoms with Crippen LogP contribution in [0.15, 0.2) is 0 Å². The molecule has 1 aliphatic rings. The number of nitrogens with one attached hydrogen (secondary N) is 2. The molecule has 0 aliphatic carbocycles. The van der Waals surface area contributed by atoms with E-state index in [9.17, 15) is 9.59 Å². The quantitative estimate of drug-likeness (QED) is 0.615. The van der Waals surface area contributed by atoms with Gasteiger partial charge < -0.3 is 10.1 Å². The Hall–Kier alpha value is -0.750. The molecule has 0 aromatic rings. The van der Waals surface area contributed by atoms with Gasteiger partial charge in [-0.3, -0.25) is 10.1 Å². The SMILES string of the molecule is COC(=O)C(C)NC(=O)[C@H]1CSCN1. The minimum Gasteiger partial charge on any atom is -0.467 e. The molecule has 2 N–H and O–H groups in total. The molecular formula is C8H14N2O3S. The second-order valence-electron chi connectivity index (χ2n) is 3.03. The predicted molar refractivity (Wildman–Crippen MR) is 53.9 cm³/mol. The van der Waals surface area contributed by atoms with Crippen LogP contribution in [-0.4, -0.2) is 42.7 Å². The summed E-state index contributed by atoms with van der Waals surface area (Å²) in [5, 5.41) is 5.60. The Bertz CT molecular complexity index is 229. The summed E-state index contributed by atoms with van der Waals surface area (Å²) in [4.78, 5) is 22.5. The van der Waals surface area contributed by atoms with Crippen LogP contribution in [0, 0.1) is 0 Å². The number of methoxy groups -OCH3 is 1. The van der Waals surface area contributed by atoms with Crippen molar-refractivity contribution in [3.8, 4) is 0 Å². The predicted octanol–water partition coefficient (Wildman–Crippen LogP) is -0.673. The summed E-state index contributed by atoms with van der Waals surface area (Å²) in [5.74, 6) is 0.960. The molecule has 1 amide bonds. The van der Waals surface area contributed by atoms with Gasteiger partial charge in [-0.15, -0.1) is 11.8 Å². The molecule has 0 bridgehead atoms.